The molecular formula is C13H28N2O2. The number of nitrogens with zero attached hydrogens (tertiary/aromatic N) is 1. The maximum Gasteiger partial charge on any atom is 0.0615 e. The Morgan fingerprint density at radius 3 is 2.65 bits per heavy atom. The second kappa shape index (κ2) is 6.69. The highest BCUT2D eigenvalue weighted by molar-refractivity contribution is 4.92. The van der Waals surface area contributed by atoms with Crippen LogP contribution in [0.25, 0.3) is 0 Å². The predicted molar refractivity (Wildman–Crippen MR) is 70.2 cm³/mol. The van der Waals surface area contributed by atoms with E-state index >= 15 is 0 Å². The first kappa shape index (κ1) is 14.9. The first-order valence-corrected chi connectivity index (χ1v) is 6.58. The quantitative estimate of drug-likeness (QED) is 0.631. The van der Waals surface area contributed by atoms with Crippen molar-refractivity contribution in [2.45, 2.75) is 50.7 Å². The summed E-state index contributed by atoms with van der Waals surface area (Å²) in [5.41, 5.74) is -0.137. The van der Waals surface area contributed by atoms with Crippen molar-refractivity contribution >= 4 is 0 Å². The number of methoxy groups -OCH3 is 1. The highest BCUT2D eigenvalue weighted by Gasteiger charge is 2.32. The van der Waals surface area contributed by atoms with Crippen LogP contribution in [0.4, 0.5) is 0 Å². The summed E-state index contributed by atoms with van der Waals surface area (Å²) in [6.45, 7) is 6.20. The summed E-state index contributed by atoms with van der Waals surface area (Å²) in [6.07, 6.45) is 3.47. The molecule has 1 aliphatic rings. The van der Waals surface area contributed by atoms with Crippen LogP contribution in [0, 0.1) is 0 Å². The van der Waals surface area contributed by atoms with E-state index in [0.717, 1.165) is 19.6 Å². The molecule has 0 aromatic rings. The number of aliphatic hydroxyl groups is 1. The lowest BCUT2D eigenvalue weighted by Gasteiger charge is -2.32. The number of aliphatic hydroxyl groups excluding tert-OH is 1. The number of rotatable bonds is 9. The van der Waals surface area contributed by atoms with Crippen LogP contribution in [0.2, 0.25) is 0 Å². The SMILES string of the molecule is COCC(C)N(C)CCC(C)(CO)NC1CC1. The highest BCUT2D eigenvalue weighted by atomic mass is 16.5. The van der Waals surface area contributed by atoms with Crippen LogP contribution in [0.15, 0.2) is 0 Å². The fourth-order valence-corrected chi connectivity index (χ4v) is 1.93. The third-order valence-corrected chi connectivity index (χ3v) is 3.66. The molecule has 0 aliphatic heterocycles. The summed E-state index contributed by atoms with van der Waals surface area (Å²) in [5, 5.41) is 13.0. The second-order valence-corrected chi connectivity index (χ2v) is 5.67. The van der Waals surface area contributed by atoms with Crippen molar-refractivity contribution in [3.05, 3.63) is 0 Å². The van der Waals surface area contributed by atoms with Crippen LogP contribution in [0.1, 0.15) is 33.1 Å². The average molecular weight is 244 g/mol. The Morgan fingerprint density at radius 2 is 2.18 bits per heavy atom. The van der Waals surface area contributed by atoms with Crippen LogP contribution in [0.5, 0.6) is 0 Å². The molecule has 4 nitrogen and oxygen atoms in total. The molecule has 1 aliphatic carbocycles. The number of hydrogen-bond donors (Lipinski definition) is 2. The molecule has 2 unspecified atom stereocenters. The maximum atomic E-state index is 9.51. The Morgan fingerprint density at radius 1 is 1.53 bits per heavy atom. The molecule has 4 heteroatoms. The molecule has 0 aromatic heterocycles. The summed E-state index contributed by atoms with van der Waals surface area (Å²) in [6, 6.07) is 1.05. The van der Waals surface area contributed by atoms with Gasteiger partial charge in [0.2, 0.25) is 0 Å². The van der Waals surface area contributed by atoms with Crippen LogP contribution in [0.3, 0.4) is 0 Å². The minimum atomic E-state index is -0.137. The largest absolute Gasteiger partial charge is 0.394 e. The van der Waals surface area contributed by atoms with Gasteiger partial charge in [-0.2, -0.15) is 0 Å². The summed E-state index contributed by atoms with van der Waals surface area (Å²) < 4.78 is 5.15. The van der Waals surface area contributed by atoms with E-state index in [2.05, 4.69) is 31.1 Å². The van der Waals surface area contributed by atoms with E-state index in [4.69, 9.17) is 4.74 Å². The second-order valence-electron chi connectivity index (χ2n) is 5.67. The summed E-state index contributed by atoms with van der Waals surface area (Å²) >= 11 is 0. The molecule has 0 radical (unpaired) electrons. The molecule has 0 heterocycles. The van der Waals surface area contributed by atoms with Gasteiger partial charge in [0.15, 0.2) is 0 Å². The van der Waals surface area contributed by atoms with Crippen molar-refractivity contribution in [2.24, 2.45) is 0 Å². The zero-order valence-corrected chi connectivity index (χ0v) is 11.7. The normalized spacial score (nSPS) is 21.5. The highest BCUT2D eigenvalue weighted by Crippen LogP contribution is 2.24. The Bertz CT molecular complexity index is 221. The summed E-state index contributed by atoms with van der Waals surface area (Å²) in [7, 11) is 3.84. The third-order valence-electron chi connectivity index (χ3n) is 3.66. The fraction of sp³-hybridized carbons (Fsp3) is 1.00. The molecular weight excluding hydrogens is 216 g/mol. The van der Waals surface area contributed by atoms with E-state index < -0.39 is 0 Å². The van der Waals surface area contributed by atoms with E-state index in [0.29, 0.717) is 12.1 Å². The van der Waals surface area contributed by atoms with Gasteiger partial charge >= 0.3 is 0 Å². The van der Waals surface area contributed by atoms with E-state index in [1.807, 2.05) is 0 Å². The molecule has 17 heavy (non-hydrogen) atoms. The Hall–Kier alpha value is -0.160. The van der Waals surface area contributed by atoms with Crippen molar-refractivity contribution in [1.29, 1.82) is 0 Å². The minimum Gasteiger partial charge on any atom is -0.394 e. The fourth-order valence-electron chi connectivity index (χ4n) is 1.93. The molecule has 1 rings (SSSR count). The van der Waals surface area contributed by atoms with Crippen LogP contribution in [-0.4, -0.2) is 61.5 Å². The molecule has 0 spiro atoms. The van der Waals surface area contributed by atoms with Crippen molar-refractivity contribution in [3.63, 3.8) is 0 Å². The number of nitrogens with one attached hydrogen (secondary N) is 1. The van der Waals surface area contributed by atoms with E-state index in [9.17, 15) is 5.11 Å². The van der Waals surface area contributed by atoms with Crippen LogP contribution >= 0.6 is 0 Å². The van der Waals surface area contributed by atoms with Gasteiger partial charge in [0, 0.05) is 31.3 Å². The molecule has 2 atom stereocenters. The van der Waals surface area contributed by atoms with Gasteiger partial charge in [-0.15, -0.1) is 0 Å². The number of hydrogen-bond acceptors (Lipinski definition) is 4. The van der Waals surface area contributed by atoms with Crippen molar-refractivity contribution in [1.82, 2.24) is 10.2 Å². The molecule has 102 valence electrons. The molecule has 0 saturated heterocycles. The van der Waals surface area contributed by atoms with Crippen LogP contribution < -0.4 is 5.32 Å². The topological polar surface area (TPSA) is 44.7 Å². The standard InChI is InChI=1S/C13H28N2O2/c1-11(9-17-4)15(3)8-7-13(2,10-16)14-12-5-6-12/h11-12,14,16H,5-10H2,1-4H3. The van der Waals surface area contributed by atoms with Gasteiger partial charge in [0.25, 0.3) is 0 Å². The molecule has 0 amide bonds. The van der Waals surface area contributed by atoms with Gasteiger partial charge in [-0.25, -0.2) is 0 Å². The maximum absolute atomic E-state index is 9.51. The third kappa shape index (κ3) is 5.34. The van der Waals surface area contributed by atoms with Crippen molar-refractivity contribution in [2.75, 3.05) is 33.9 Å². The molecule has 1 fully saturated rings. The first-order chi connectivity index (χ1) is 8.00. The predicted octanol–water partition coefficient (Wildman–Crippen LogP) is 0.846. The molecule has 2 N–H and O–H groups in total. The van der Waals surface area contributed by atoms with E-state index in [1.165, 1.54) is 12.8 Å². The van der Waals surface area contributed by atoms with Gasteiger partial charge in [0.1, 0.15) is 0 Å². The zero-order valence-electron chi connectivity index (χ0n) is 11.7. The van der Waals surface area contributed by atoms with Gasteiger partial charge in [-0.1, -0.05) is 0 Å². The first-order valence-electron chi connectivity index (χ1n) is 6.58. The zero-order chi connectivity index (χ0) is 12.9. The number of likely N-dealkylation sites (N-methyl/N-ethyl adjacent to an activating group) is 1. The monoisotopic (exact) mass is 244 g/mol. The van der Waals surface area contributed by atoms with Crippen LogP contribution in [-0.2, 0) is 4.74 Å². The van der Waals surface area contributed by atoms with Crippen molar-refractivity contribution in [3.8, 4) is 0 Å². The smallest absolute Gasteiger partial charge is 0.0615 e. The van der Waals surface area contributed by atoms with Gasteiger partial charge < -0.3 is 20.1 Å². The van der Waals surface area contributed by atoms with E-state index in [1.54, 1.807) is 7.11 Å². The minimum absolute atomic E-state index is 0.137. The Labute approximate surface area is 105 Å². The number of ether oxygens (including phenoxy) is 1. The molecule has 0 bridgehead atoms. The van der Waals surface area contributed by atoms with Gasteiger partial charge in [-0.3, -0.25) is 0 Å². The van der Waals surface area contributed by atoms with Gasteiger partial charge in [-0.05, 0) is 40.2 Å². The lowest BCUT2D eigenvalue weighted by atomic mass is 9.98. The molecule has 0 aromatic carbocycles. The summed E-state index contributed by atoms with van der Waals surface area (Å²) in [4.78, 5) is 2.28. The lowest BCUT2D eigenvalue weighted by molar-refractivity contribution is 0.0983. The van der Waals surface area contributed by atoms with E-state index in [-0.39, 0.29) is 12.1 Å². The molecule has 1 saturated carbocycles. The van der Waals surface area contributed by atoms with Gasteiger partial charge in [0.05, 0.1) is 13.2 Å². The average Bonchev–Trinajstić information content (AvgIpc) is 3.10. The van der Waals surface area contributed by atoms with Crippen molar-refractivity contribution < 1.29 is 9.84 Å². The lowest BCUT2D eigenvalue weighted by Crippen LogP contribution is -2.49. The summed E-state index contributed by atoms with van der Waals surface area (Å²) in [5.74, 6) is 0. The Balaban J connectivity index is 2.29. The Kier molecular flexibility index (Phi) is 5.86.